The van der Waals surface area contributed by atoms with Gasteiger partial charge in [0.2, 0.25) is 0 Å². The summed E-state index contributed by atoms with van der Waals surface area (Å²) < 4.78 is 0. The van der Waals surface area contributed by atoms with Gasteiger partial charge < -0.3 is 5.32 Å². The molecule has 0 saturated heterocycles. The van der Waals surface area contributed by atoms with E-state index in [-0.39, 0.29) is 0 Å². The fourth-order valence-corrected chi connectivity index (χ4v) is 3.19. The molecule has 0 spiro atoms. The van der Waals surface area contributed by atoms with Gasteiger partial charge in [-0.05, 0) is 37.3 Å². The van der Waals surface area contributed by atoms with Crippen LogP contribution in [0.4, 0.5) is 0 Å². The summed E-state index contributed by atoms with van der Waals surface area (Å²) in [5.41, 5.74) is 1.81. The molecule has 0 amide bonds. The maximum absolute atomic E-state index is 3.68. The van der Waals surface area contributed by atoms with Crippen LogP contribution in [-0.4, -0.2) is 13.1 Å². The van der Waals surface area contributed by atoms with Crippen LogP contribution in [0, 0.1) is 5.92 Å². The van der Waals surface area contributed by atoms with Crippen molar-refractivity contribution in [2.75, 3.05) is 13.1 Å². The van der Waals surface area contributed by atoms with Crippen LogP contribution in [0.25, 0.3) is 0 Å². The second-order valence-corrected chi connectivity index (χ2v) is 6.06. The smallest absolute Gasteiger partial charge is 0.00777 e. The fraction of sp³-hybridized carbons (Fsp3) is 0.684. The predicted octanol–water partition coefficient (Wildman–Crippen LogP) is 5.16. The van der Waals surface area contributed by atoms with Crippen molar-refractivity contribution < 1.29 is 0 Å². The van der Waals surface area contributed by atoms with Crippen LogP contribution in [0.15, 0.2) is 30.3 Å². The van der Waals surface area contributed by atoms with E-state index in [2.05, 4.69) is 63.3 Å². The van der Waals surface area contributed by atoms with Gasteiger partial charge in [0.25, 0.3) is 0 Å². The minimum absolute atomic E-state index is 0.299. The van der Waals surface area contributed by atoms with Gasteiger partial charge in [0.1, 0.15) is 0 Å². The second kappa shape index (κ2) is 9.18. The van der Waals surface area contributed by atoms with Crippen LogP contribution < -0.4 is 5.32 Å². The maximum Gasteiger partial charge on any atom is 0.00777 e. The molecule has 20 heavy (non-hydrogen) atoms. The van der Waals surface area contributed by atoms with Gasteiger partial charge in [-0.3, -0.25) is 0 Å². The standard InChI is InChI=1S/C19H33N/c1-5-14-20-16-19(8-4,15-17(6-2)7-3)18-12-10-9-11-13-18/h9-13,17,20H,5-8,14-16H2,1-4H3. The van der Waals surface area contributed by atoms with Gasteiger partial charge in [-0.1, -0.05) is 70.9 Å². The molecule has 0 bridgehead atoms. The van der Waals surface area contributed by atoms with Crippen molar-refractivity contribution in [3.8, 4) is 0 Å². The van der Waals surface area contributed by atoms with E-state index in [0.29, 0.717) is 5.41 Å². The van der Waals surface area contributed by atoms with Crippen molar-refractivity contribution in [3.05, 3.63) is 35.9 Å². The highest BCUT2D eigenvalue weighted by molar-refractivity contribution is 5.26. The monoisotopic (exact) mass is 275 g/mol. The summed E-state index contributed by atoms with van der Waals surface area (Å²) in [4.78, 5) is 0. The lowest BCUT2D eigenvalue weighted by atomic mass is 9.70. The third-order valence-corrected chi connectivity index (χ3v) is 4.79. The number of hydrogen-bond acceptors (Lipinski definition) is 1. The average Bonchev–Trinajstić information content (AvgIpc) is 2.52. The Morgan fingerprint density at radius 3 is 2.15 bits per heavy atom. The van der Waals surface area contributed by atoms with Crippen molar-refractivity contribution in [2.24, 2.45) is 5.92 Å². The van der Waals surface area contributed by atoms with E-state index >= 15 is 0 Å². The van der Waals surface area contributed by atoms with Crippen molar-refractivity contribution in [2.45, 2.75) is 65.2 Å². The van der Waals surface area contributed by atoms with E-state index in [4.69, 9.17) is 0 Å². The summed E-state index contributed by atoms with van der Waals surface area (Å²) in [6, 6.07) is 11.1. The molecule has 114 valence electrons. The van der Waals surface area contributed by atoms with E-state index in [1.165, 1.54) is 37.7 Å². The van der Waals surface area contributed by atoms with Crippen molar-refractivity contribution in [1.29, 1.82) is 0 Å². The summed E-state index contributed by atoms with van der Waals surface area (Å²) in [6.45, 7) is 11.5. The highest BCUT2D eigenvalue weighted by Crippen LogP contribution is 2.36. The minimum atomic E-state index is 0.299. The number of rotatable bonds is 10. The topological polar surface area (TPSA) is 12.0 Å². The minimum Gasteiger partial charge on any atom is -0.316 e. The van der Waals surface area contributed by atoms with Gasteiger partial charge in [-0.25, -0.2) is 0 Å². The van der Waals surface area contributed by atoms with Crippen molar-refractivity contribution in [3.63, 3.8) is 0 Å². The number of nitrogens with one attached hydrogen (secondary N) is 1. The van der Waals surface area contributed by atoms with Crippen molar-refractivity contribution in [1.82, 2.24) is 5.32 Å². The first-order valence-electron chi connectivity index (χ1n) is 8.48. The third-order valence-electron chi connectivity index (χ3n) is 4.79. The zero-order valence-corrected chi connectivity index (χ0v) is 13.9. The first-order valence-corrected chi connectivity index (χ1v) is 8.48. The molecule has 0 saturated carbocycles. The van der Waals surface area contributed by atoms with Crippen LogP contribution in [-0.2, 0) is 5.41 Å². The van der Waals surface area contributed by atoms with Crippen molar-refractivity contribution >= 4 is 0 Å². The fourth-order valence-electron chi connectivity index (χ4n) is 3.19. The Kier molecular flexibility index (Phi) is 7.91. The molecule has 0 radical (unpaired) electrons. The number of benzene rings is 1. The molecule has 0 fully saturated rings. The molecule has 1 atom stereocenters. The van der Waals surface area contributed by atoms with Crippen LogP contribution in [0.3, 0.4) is 0 Å². The Morgan fingerprint density at radius 1 is 1.00 bits per heavy atom. The van der Waals surface area contributed by atoms with Crippen LogP contribution in [0.2, 0.25) is 0 Å². The molecule has 1 N–H and O–H groups in total. The number of hydrogen-bond donors (Lipinski definition) is 1. The summed E-state index contributed by atoms with van der Waals surface area (Å²) >= 11 is 0. The van der Waals surface area contributed by atoms with Gasteiger partial charge in [-0.2, -0.15) is 0 Å². The van der Waals surface area contributed by atoms with Crippen LogP contribution >= 0.6 is 0 Å². The SMILES string of the molecule is CCCNCC(CC)(CC(CC)CC)c1ccccc1. The van der Waals surface area contributed by atoms with Gasteiger partial charge in [0.15, 0.2) is 0 Å². The molecular weight excluding hydrogens is 242 g/mol. The van der Waals surface area contributed by atoms with E-state index in [1.54, 1.807) is 0 Å². The molecule has 0 heterocycles. The summed E-state index contributed by atoms with van der Waals surface area (Å²) in [5.74, 6) is 0.832. The van der Waals surface area contributed by atoms with E-state index < -0.39 is 0 Å². The van der Waals surface area contributed by atoms with E-state index in [0.717, 1.165) is 19.0 Å². The normalized spacial score (nSPS) is 14.4. The maximum atomic E-state index is 3.68. The highest BCUT2D eigenvalue weighted by atomic mass is 14.9. The molecule has 0 aliphatic rings. The lowest BCUT2D eigenvalue weighted by Gasteiger charge is -2.37. The van der Waals surface area contributed by atoms with Crippen LogP contribution in [0.5, 0.6) is 0 Å². The molecule has 1 aromatic carbocycles. The van der Waals surface area contributed by atoms with Gasteiger partial charge >= 0.3 is 0 Å². The molecule has 1 nitrogen and oxygen atoms in total. The molecule has 1 aromatic rings. The Hall–Kier alpha value is -0.820. The van der Waals surface area contributed by atoms with Gasteiger partial charge in [0.05, 0.1) is 0 Å². The first-order chi connectivity index (χ1) is 9.72. The van der Waals surface area contributed by atoms with E-state index in [1.807, 2.05) is 0 Å². The third kappa shape index (κ3) is 4.63. The Balaban J connectivity index is 2.95. The molecule has 1 unspecified atom stereocenters. The lowest BCUT2D eigenvalue weighted by Crippen LogP contribution is -2.39. The molecule has 0 aromatic heterocycles. The summed E-state index contributed by atoms with van der Waals surface area (Å²) in [5, 5.41) is 3.68. The molecule has 0 aliphatic heterocycles. The van der Waals surface area contributed by atoms with Gasteiger partial charge in [-0.15, -0.1) is 0 Å². The summed E-state index contributed by atoms with van der Waals surface area (Å²) in [6.07, 6.45) is 6.30. The lowest BCUT2D eigenvalue weighted by molar-refractivity contribution is 0.280. The summed E-state index contributed by atoms with van der Waals surface area (Å²) in [7, 11) is 0. The Labute approximate surface area is 126 Å². The zero-order valence-electron chi connectivity index (χ0n) is 13.9. The zero-order chi connectivity index (χ0) is 14.8. The molecule has 1 rings (SSSR count). The second-order valence-electron chi connectivity index (χ2n) is 6.06. The molecular formula is C19H33N. The molecule has 1 heteroatoms. The van der Waals surface area contributed by atoms with Gasteiger partial charge in [0, 0.05) is 12.0 Å². The van der Waals surface area contributed by atoms with E-state index in [9.17, 15) is 0 Å². The Morgan fingerprint density at radius 2 is 1.65 bits per heavy atom. The average molecular weight is 275 g/mol. The Bertz CT molecular complexity index is 342. The highest BCUT2D eigenvalue weighted by Gasteiger charge is 2.31. The predicted molar refractivity (Wildman–Crippen MR) is 90.3 cm³/mol. The van der Waals surface area contributed by atoms with Crippen LogP contribution in [0.1, 0.15) is 65.4 Å². The first kappa shape index (κ1) is 17.2. The molecule has 0 aliphatic carbocycles. The quantitative estimate of drug-likeness (QED) is 0.582. The largest absolute Gasteiger partial charge is 0.316 e.